The van der Waals surface area contributed by atoms with E-state index in [0.29, 0.717) is 6.54 Å². The van der Waals surface area contributed by atoms with E-state index in [1.54, 1.807) is 0 Å². The summed E-state index contributed by atoms with van der Waals surface area (Å²) < 4.78 is 2.33. The maximum Gasteiger partial charge on any atom is 0.109 e. The molecule has 0 amide bonds. The Hall–Kier alpha value is -1.35. The lowest BCUT2D eigenvalue weighted by molar-refractivity contribution is 0.626. The minimum atomic E-state index is 0.584. The summed E-state index contributed by atoms with van der Waals surface area (Å²) in [6, 6.07) is 6.39. The predicted octanol–water partition coefficient (Wildman–Crippen LogP) is 3.64. The molecule has 0 unspecified atom stereocenters. The Morgan fingerprint density at radius 2 is 2.00 bits per heavy atom. The Labute approximate surface area is 115 Å². The molecule has 0 saturated heterocycles. The van der Waals surface area contributed by atoms with Crippen LogP contribution in [-0.2, 0) is 19.5 Å². The molecule has 0 aliphatic heterocycles. The van der Waals surface area contributed by atoms with Crippen molar-refractivity contribution in [3.63, 3.8) is 0 Å². The summed E-state index contributed by atoms with van der Waals surface area (Å²) in [6.45, 7) is 6.01. The van der Waals surface area contributed by atoms with Gasteiger partial charge >= 0.3 is 0 Å². The van der Waals surface area contributed by atoms with Gasteiger partial charge in [-0.1, -0.05) is 32.3 Å². The molecular formula is C16H25N3. The summed E-state index contributed by atoms with van der Waals surface area (Å²) in [5.74, 6) is 1.22. The Kier molecular flexibility index (Phi) is 4.97. The lowest BCUT2D eigenvalue weighted by Gasteiger charge is -2.05. The molecule has 2 aromatic rings. The van der Waals surface area contributed by atoms with E-state index in [9.17, 15) is 0 Å². The zero-order valence-corrected chi connectivity index (χ0v) is 12.2. The summed E-state index contributed by atoms with van der Waals surface area (Å²) >= 11 is 0. The first-order valence-corrected chi connectivity index (χ1v) is 7.48. The van der Waals surface area contributed by atoms with Gasteiger partial charge in [0.05, 0.1) is 11.0 Å². The summed E-state index contributed by atoms with van der Waals surface area (Å²) in [5.41, 5.74) is 9.19. The van der Waals surface area contributed by atoms with Gasteiger partial charge in [-0.25, -0.2) is 4.98 Å². The van der Waals surface area contributed by atoms with Crippen molar-refractivity contribution in [2.45, 2.75) is 59.0 Å². The van der Waals surface area contributed by atoms with Crippen molar-refractivity contribution in [3.8, 4) is 0 Å². The molecule has 0 aliphatic carbocycles. The number of unbranched alkanes of at least 4 members (excludes halogenated alkanes) is 3. The third kappa shape index (κ3) is 3.16. The average molecular weight is 259 g/mol. The number of imidazole rings is 1. The molecule has 0 spiro atoms. The number of hydrogen-bond donors (Lipinski definition) is 1. The van der Waals surface area contributed by atoms with Crippen LogP contribution in [0.25, 0.3) is 11.0 Å². The molecule has 1 aromatic carbocycles. The van der Waals surface area contributed by atoms with Gasteiger partial charge in [0.1, 0.15) is 5.82 Å². The molecule has 1 aromatic heterocycles. The number of fused-ring (bicyclic) bond motifs is 1. The van der Waals surface area contributed by atoms with Gasteiger partial charge in [-0.3, -0.25) is 0 Å². The van der Waals surface area contributed by atoms with Crippen molar-refractivity contribution in [2.75, 3.05) is 0 Å². The highest BCUT2D eigenvalue weighted by Gasteiger charge is 2.09. The van der Waals surface area contributed by atoms with Gasteiger partial charge in [0.15, 0.2) is 0 Å². The van der Waals surface area contributed by atoms with Crippen molar-refractivity contribution in [2.24, 2.45) is 5.73 Å². The van der Waals surface area contributed by atoms with E-state index in [1.807, 2.05) is 0 Å². The molecule has 104 valence electrons. The normalized spacial score (nSPS) is 11.3. The van der Waals surface area contributed by atoms with Crippen LogP contribution >= 0.6 is 0 Å². The van der Waals surface area contributed by atoms with Gasteiger partial charge in [-0.05, 0) is 31.0 Å². The summed E-state index contributed by atoms with van der Waals surface area (Å²) in [4.78, 5) is 4.80. The number of benzene rings is 1. The fourth-order valence-electron chi connectivity index (χ4n) is 2.61. The molecule has 0 saturated carbocycles. The Morgan fingerprint density at radius 3 is 2.68 bits per heavy atom. The first-order chi connectivity index (χ1) is 9.30. The third-order valence-electron chi connectivity index (χ3n) is 3.70. The van der Waals surface area contributed by atoms with E-state index in [0.717, 1.165) is 24.0 Å². The Morgan fingerprint density at radius 1 is 1.16 bits per heavy atom. The van der Waals surface area contributed by atoms with Crippen LogP contribution in [0.5, 0.6) is 0 Å². The van der Waals surface area contributed by atoms with E-state index >= 15 is 0 Å². The van der Waals surface area contributed by atoms with Crippen LogP contribution in [0.1, 0.15) is 50.9 Å². The summed E-state index contributed by atoms with van der Waals surface area (Å²) in [5, 5.41) is 0. The van der Waals surface area contributed by atoms with Crippen molar-refractivity contribution >= 4 is 11.0 Å². The second-order valence-corrected chi connectivity index (χ2v) is 5.11. The zero-order valence-electron chi connectivity index (χ0n) is 12.2. The fraction of sp³-hybridized carbons (Fsp3) is 0.562. The van der Waals surface area contributed by atoms with Gasteiger partial charge < -0.3 is 10.3 Å². The molecule has 19 heavy (non-hydrogen) atoms. The second kappa shape index (κ2) is 6.71. The van der Waals surface area contributed by atoms with Gasteiger partial charge in [-0.2, -0.15) is 0 Å². The standard InChI is InChI=1S/C16H25N3/c1-3-5-6-7-8-16-18-14-11-13(12-17)9-10-15(14)19(16)4-2/h9-11H,3-8,12,17H2,1-2H3. The zero-order chi connectivity index (χ0) is 13.7. The minimum absolute atomic E-state index is 0.584. The number of nitrogens with two attached hydrogens (primary N) is 1. The second-order valence-electron chi connectivity index (χ2n) is 5.11. The largest absolute Gasteiger partial charge is 0.328 e. The number of nitrogens with zero attached hydrogens (tertiary/aromatic N) is 2. The molecule has 0 atom stereocenters. The number of hydrogen-bond acceptors (Lipinski definition) is 2. The highest BCUT2D eigenvalue weighted by molar-refractivity contribution is 5.77. The highest BCUT2D eigenvalue weighted by Crippen LogP contribution is 2.19. The van der Waals surface area contributed by atoms with E-state index < -0.39 is 0 Å². The molecule has 2 rings (SSSR count). The third-order valence-corrected chi connectivity index (χ3v) is 3.70. The van der Waals surface area contributed by atoms with Crippen LogP contribution in [0.2, 0.25) is 0 Å². The summed E-state index contributed by atoms with van der Waals surface area (Å²) in [7, 11) is 0. The van der Waals surface area contributed by atoms with Crippen LogP contribution in [-0.4, -0.2) is 9.55 Å². The number of aromatic nitrogens is 2. The lowest BCUT2D eigenvalue weighted by atomic mass is 10.1. The van der Waals surface area contributed by atoms with E-state index in [4.69, 9.17) is 10.7 Å². The van der Waals surface area contributed by atoms with Crippen molar-refractivity contribution in [1.29, 1.82) is 0 Å². The smallest absolute Gasteiger partial charge is 0.109 e. The van der Waals surface area contributed by atoms with Crippen molar-refractivity contribution in [3.05, 3.63) is 29.6 Å². The first kappa shape index (κ1) is 14.1. The quantitative estimate of drug-likeness (QED) is 0.771. The minimum Gasteiger partial charge on any atom is -0.328 e. The maximum atomic E-state index is 5.70. The van der Waals surface area contributed by atoms with Crippen molar-refractivity contribution < 1.29 is 0 Å². The van der Waals surface area contributed by atoms with Crippen molar-refractivity contribution in [1.82, 2.24) is 9.55 Å². The topological polar surface area (TPSA) is 43.8 Å². The molecule has 0 bridgehead atoms. The number of aryl methyl sites for hydroxylation is 2. The SMILES string of the molecule is CCCCCCc1nc2cc(CN)ccc2n1CC. The molecule has 1 heterocycles. The molecular weight excluding hydrogens is 234 g/mol. The molecule has 0 aliphatic rings. The molecule has 3 heteroatoms. The van der Waals surface area contributed by atoms with E-state index in [1.165, 1.54) is 37.0 Å². The summed E-state index contributed by atoms with van der Waals surface area (Å²) in [6.07, 6.45) is 6.23. The van der Waals surface area contributed by atoms with Gasteiger partial charge in [-0.15, -0.1) is 0 Å². The fourth-order valence-corrected chi connectivity index (χ4v) is 2.61. The predicted molar refractivity (Wildman–Crippen MR) is 81.1 cm³/mol. The van der Waals surface area contributed by atoms with Gasteiger partial charge in [0, 0.05) is 19.5 Å². The van der Waals surface area contributed by atoms with Gasteiger partial charge in [0.25, 0.3) is 0 Å². The molecule has 3 nitrogen and oxygen atoms in total. The molecule has 2 N–H and O–H groups in total. The van der Waals surface area contributed by atoms with E-state index in [2.05, 4.69) is 36.6 Å². The number of rotatable bonds is 7. The monoisotopic (exact) mass is 259 g/mol. The first-order valence-electron chi connectivity index (χ1n) is 7.48. The van der Waals surface area contributed by atoms with Crippen LogP contribution in [0.15, 0.2) is 18.2 Å². The van der Waals surface area contributed by atoms with Crippen LogP contribution in [0.3, 0.4) is 0 Å². The lowest BCUT2D eigenvalue weighted by Crippen LogP contribution is -2.02. The molecule has 0 radical (unpaired) electrons. The molecule has 0 fully saturated rings. The van der Waals surface area contributed by atoms with Crippen LogP contribution in [0, 0.1) is 0 Å². The van der Waals surface area contributed by atoms with Crippen LogP contribution < -0.4 is 5.73 Å². The van der Waals surface area contributed by atoms with E-state index in [-0.39, 0.29) is 0 Å². The maximum absolute atomic E-state index is 5.70. The Balaban J connectivity index is 2.22. The Bertz CT molecular complexity index is 528. The highest BCUT2D eigenvalue weighted by atomic mass is 15.1. The average Bonchev–Trinajstić information content (AvgIpc) is 2.79. The van der Waals surface area contributed by atoms with Gasteiger partial charge in [0.2, 0.25) is 0 Å². The van der Waals surface area contributed by atoms with Crippen LogP contribution in [0.4, 0.5) is 0 Å².